The molecule has 2 aromatic carbocycles. The third-order valence-electron chi connectivity index (χ3n) is 3.28. The number of benzene rings is 2. The zero-order chi connectivity index (χ0) is 15.9. The summed E-state index contributed by atoms with van der Waals surface area (Å²) in [6.07, 6.45) is 2.57. The van der Waals surface area contributed by atoms with Gasteiger partial charge in [0.25, 0.3) is 0 Å². The molecule has 0 saturated carbocycles. The predicted octanol–water partition coefficient (Wildman–Crippen LogP) is 2.77. The van der Waals surface area contributed by atoms with Crippen molar-refractivity contribution in [3.05, 3.63) is 59.9 Å². The fraction of sp³-hybridized carbons (Fsp3) is 0.133. The molecule has 3 rings (SSSR count). The van der Waals surface area contributed by atoms with Crippen LogP contribution in [0.2, 0.25) is 0 Å². The fourth-order valence-electron chi connectivity index (χ4n) is 2.41. The summed E-state index contributed by atoms with van der Waals surface area (Å²) in [5.74, 6) is -1.36. The highest BCUT2D eigenvalue weighted by atomic mass is 32.2. The van der Waals surface area contributed by atoms with Gasteiger partial charge in [-0.05, 0) is 29.8 Å². The molecule has 3 aromatic rings. The number of imidazole rings is 1. The van der Waals surface area contributed by atoms with Crippen LogP contribution in [0, 0.1) is 11.6 Å². The molecular weight excluding hydrogens is 310 g/mol. The van der Waals surface area contributed by atoms with Gasteiger partial charge in [0.15, 0.2) is 9.84 Å². The Labute approximate surface area is 125 Å². The molecule has 0 unspecified atom stereocenters. The number of sulfone groups is 1. The Morgan fingerprint density at radius 1 is 1.14 bits per heavy atom. The van der Waals surface area contributed by atoms with Gasteiger partial charge >= 0.3 is 0 Å². The van der Waals surface area contributed by atoms with Crippen molar-refractivity contribution in [2.24, 2.45) is 0 Å². The standard InChI is InChI=1S/C15H12F2N2O2S/c1-22(20,21)14-4-2-3-13-15(14)19(9-18-13)8-10-5-11(16)7-12(17)6-10/h2-7,9H,8H2,1H3. The van der Waals surface area contributed by atoms with Gasteiger partial charge in [-0.3, -0.25) is 0 Å². The summed E-state index contributed by atoms with van der Waals surface area (Å²) in [7, 11) is -3.44. The minimum absolute atomic E-state index is 0.123. The van der Waals surface area contributed by atoms with Gasteiger partial charge in [0, 0.05) is 18.9 Å². The van der Waals surface area contributed by atoms with Crippen LogP contribution in [0.4, 0.5) is 8.78 Å². The number of para-hydroxylation sites is 1. The van der Waals surface area contributed by atoms with Crippen molar-refractivity contribution in [1.29, 1.82) is 0 Å². The van der Waals surface area contributed by atoms with Crippen molar-refractivity contribution >= 4 is 20.9 Å². The van der Waals surface area contributed by atoms with E-state index < -0.39 is 21.5 Å². The predicted molar refractivity (Wildman–Crippen MR) is 78.3 cm³/mol. The van der Waals surface area contributed by atoms with E-state index in [-0.39, 0.29) is 11.4 Å². The van der Waals surface area contributed by atoms with Crippen LogP contribution in [0.15, 0.2) is 47.6 Å². The van der Waals surface area contributed by atoms with Gasteiger partial charge in [-0.25, -0.2) is 22.2 Å². The third kappa shape index (κ3) is 2.71. The van der Waals surface area contributed by atoms with Crippen LogP contribution in [-0.2, 0) is 16.4 Å². The molecular formula is C15H12F2N2O2S. The van der Waals surface area contributed by atoms with Crippen molar-refractivity contribution in [2.75, 3.05) is 6.26 Å². The van der Waals surface area contributed by atoms with Gasteiger partial charge in [0.05, 0.1) is 22.3 Å². The Hall–Kier alpha value is -2.28. The maximum Gasteiger partial charge on any atom is 0.177 e. The lowest BCUT2D eigenvalue weighted by Crippen LogP contribution is -2.04. The van der Waals surface area contributed by atoms with Crippen LogP contribution in [0.5, 0.6) is 0 Å². The van der Waals surface area contributed by atoms with Gasteiger partial charge in [0.1, 0.15) is 11.6 Å². The first-order valence-corrected chi connectivity index (χ1v) is 8.32. The lowest BCUT2D eigenvalue weighted by Gasteiger charge is -2.08. The Morgan fingerprint density at radius 2 is 1.82 bits per heavy atom. The summed E-state index contributed by atoms with van der Waals surface area (Å²) >= 11 is 0. The number of hydrogen-bond donors (Lipinski definition) is 0. The second-order valence-electron chi connectivity index (χ2n) is 5.05. The maximum absolute atomic E-state index is 13.3. The third-order valence-corrected chi connectivity index (χ3v) is 4.40. The summed E-state index contributed by atoms with van der Waals surface area (Å²) in [6, 6.07) is 7.99. The molecule has 0 fully saturated rings. The molecule has 22 heavy (non-hydrogen) atoms. The zero-order valence-electron chi connectivity index (χ0n) is 11.6. The molecule has 0 aliphatic carbocycles. The molecule has 4 nitrogen and oxygen atoms in total. The second-order valence-corrected chi connectivity index (χ2v) is 7.03. The Morgan fingerprint density at radius 3 is 2.45 bits per heavy atom. The minimum atomic E-state index is -3.44. The molecule has 0 atom stereocenters. The summed E-state index contributed by atoms with van der Waals surface area (Å²) in [6.45, 7) is 0.123. The number of fused-ring (bicyclic) bond motifs is 1. The second kappa shape index (κ2) is 5.17. The van der Waals surface area contributed by atoms with Crippen molar-refractivity contribution < 1.29 is 17.2 Å². The van der Waals surface area contributed by atoms with E-state index in [0.29, 0.717) is 16.6 Å². The van der Waals surface area contributed by atoms with Crippen LogP contribution in [0.3, 0.4) is 0 Å². The molecule has 0 amide bonds. The van der Waals surface area contributed by atoms with E-state index in [4.69, 9.17) is 0 Å². The Kier molecular flexibility index (Phi) is 3.44. The van der Waals surface area contributed by atoms with Crippen molar-refractivity contribution in [3.8, 4) is 0 Å². The van der Waals surface area contributed by atoms with E-state index in [1.54, 1.807) is 16.7 Å². The smallest absolute Gasteiger partial charge is 0.177 e. The molecule has 1 heterocycles. The summed E-state index contributed by atoms with van der Waals surface area (Å²) in [4.78, 5) is 4.28. The first kappa shape index (κ1) is 14.6. The van der Waals surface area contributed by atoms with E-state index in [1.165, 1.54) is 24.5 Å². The zero-order valence-corrected chi connectivity index (χ0v) is 12.4. The van der Waals surface area contributed by atoms with Gasteiger partial charge in [-0.1, -0.05) is 6.07 Å². The van der Waals surface area contributed by atoms with Crippen LogP contribution in [-0.4, -0.2) is 24.2 Å². The van der Waals surface area contributed by atoms with E-state index in [1.807, 2.05) is 0 Å². The summed E-state index contributed by atoms with van der Waals surface area (Å²) in [5.41, 5.74) is 1.33. The molecule has 0 saturated heterocycles. The number of rotatable bonds is 3. The minimum Gasteiger partial charge on any atom is -0.325 e. The highest BCUT2D eigenvalue weighted by molar-refractivity contribution is 7.91. The monoisotopic (exact) mass is 322 g/mol. The normalized spacial score (nSPS) is 12.0. The van der Waals surface area contributed by atoms with Gasteiger partial charge in [0.2, 0.25) is 0 Å². The van der Waals surface area contributed by atoms with E-state index in [2.05, 4.69) is 4.98 Å². The summed E-state index contributed by atoms with van der Waals surface area (Å²) < 4.78 is 51.9. The lowest BCUT2D eigenvalue weighted by atomic mass is 10.2. The highest BCUT2D eigenvalue weighted by Gasteiger charge is 2.16. The highest BCUT2D eigenvalue weighted by Crippen LogP contribution is 2.23. The van der Waals surface area contributed by atoms with E-state index in [9.17, 15) is 17.2 Å². The fourth-order valence-corrected chi connectivity index (χ4v) is 3.31. The Balaban J connectivity index is 2.16. The number of hydrogen-bond acceptors (Lipinski definition) is 3. The first-order valence-electron chi connectivity index (χ1n) is 6.43. The largest absolute Gasteiger partial charge is 0.325 e. The Bertz CT molecular complexity index is 945. The molecule has 1 aromatic heterocycles. The average molecular weight is 322 g/mol. The quantitative estimate of drug-likeness (QED) is 0.745. The number of aromatic nitrogens is 2. The molecule has 0 aliphatic rings. The van der Waals surface area contributed by atoms with Gasteiger partial charge in [-0.2, -0.15) is 0 Å². The maximum atomic E-state index is 13.3. The lowest BCUT2D eigenvalue weighted by molar-refractivity contribution is 0.577. The van der Waals surface area contributed by atoms with Crippen LogP contribution < -0.4 is 0 Å². The molecule has 0 N–H and O–H groups in total. The van der Waals surface area contributed by atoms with Crippen molar-refractivity contribution in [1.82, 2.24) is 9.55 Å². The van der Waals surface area contributed by atoms with E-state index >= 15 is 0 Å². The number of halogens is 2. The molecule has 114 valence electrons. The van der Waals surface area contributed by atoms with Crippen molar-refractivity contribution in [2.45, 2.75) is 11.4 Å². The SMILES string of the molecule is CS(=O)(=O)c1cccc2ncn(Cc3cc(F)cc(F)c3)c12. The number of nitrogens with zero attached hydrogens (tertiary/aromatic N) is 2. The topological polar surface area (TPSA) is 52.0 Å². The van der Waals surface area contributed by atoms with Crippen LogP contribution >= 0.6 is 0 Å². The van der Waals surface area contributed by atoms with E-state index in [0.717, 1.165) is 12.3 Å². The van der Waals surface area contributed by atoms with Gasteiger partial charge < -0.3 is 4.57 Å². The first-order chi connectivity index (χ1) is 10.3. The van der Waals surface area contributed by atoms with Crippen molar-refractivity contribution in [3.63, 3.8) is 0 Å². The van der Waals surface area contributed by atoms with Crippen LogP contribution in [0.25, 0.3) is 11.0 Å². The van der Waals surface area contributed by atoms with Crippen LogP contribution in [0.1, 0.15) is 5.56 Å². The average Bonchev–Trinajstić information content (AvgIpc) is 2.79. The summed E-state index contributed by atoms with van der Waals surface area (Å²) in [5, 5.41) is 0. The molecule has 0 bridgehead atoms. The molecule has 0 radical (unpaired) electrons. The molecule has 7 heteroatoms. The molecule has 0 aliphatic heterocycles. The molecule has 0 spiro atoms. The van der Waals surface area contributed by atoms with Gasteiger partial charge in [-0.15, -0.1) is 0 Å².